The number of hydrogen-bond donors (Lipinski definition) is 2. The summed E-state index contributed by atoms with van der Waals surface area (Å²) >= 11 is 1.04. The van der Waals surface area contributed by atoms with Gasteiger partial charge in [0.05, 0.1) is 4.88 Å². The molecule has 0 atom stereocenters. The molecule has 0 radical (unpaired) electrons. The molecule has 5 heteroatoms. The van der Waals surface area contributed by atoms with Gasteiger partial charge in [-0.1, -0.05) is 6.42 Å². The number of carboxylic acids is 1. The van der Waals surface area contributed by atoms with Gasteiger partial charge >= 0.3 is 5.97 Å². The molecule has 102 valence electrons. The second kappa shape index (κ2) is 4.63. The van der Waals surface area contributed by atoms with Gasteiger partial charge in [0.1, 0.15) is 4.88 Å². The number of carbonyl (C=O) groups excluding carboxylic acids is 1. The molecule has 1 amide bonds. The minimum absolute atomic E-state index is 0.135. The molecular weight excluding hydrogens is 262 g/mol. The van der Waals surface area contributed by atoms with E-state index in [9.17, 15) is 9.59 Å². The second-order valence-electron chi connectivity index (χ2n) is 5.64. The minimum Gasteiger partial charge on any atom is -0.477 e. The van der Waals surface area contributed by atoms with E-state index in [0.29, 0.717) is 10.3 Å². The van der Waals surface area contributed by atoms with Gasteiger partial charge in [-0.3, -0.25) is 4.79 Å². The van der Waals surface area contributed by atoms with Crippen LogP contribution in [0, 0.1) is 11.3 Å². The molecular formula is C14H17NO3S. The SMILES string of the molecule is O=C(O)c1ccc(C(=O)NCC2(C3CC3)CCC2)s1. The predicted octanol–water partition coefficient (Wildman–Crippen LogP) is 2.76. The third-order valence-corrected chi connectivity index (χ3v) is 5.51. The van der Waals surface area contributed by atoms with E-state index in [1.54, 1.807) is 6.07 Å². The number of carboxylic acid groups (broad SMARTS) is 1. The highest BCUT2D eigenvalue weighted by Gasteiger charge is 2.48. The summed E-state index contributed by atoms with van der Waals surface area (Å²) in [6.07, 6.45) is 6.33. The second-order valence-corrected chi connectivity index (χ2v) is 6.73. The van der Waals surface area contributed by atoms with Crippen LogP contribution in [0.25, 0.3) is 0 Å². The van der Waals surface area contributed by atoms with Crippen LogP contribution in [0.5, 0.6) is 0 Å². The highest BCUT2D eigenvalue weighted by molar-refractivity contribution is 7.15. The number of hydrogen-bond acceptors (Lipinski definition) is 3. The molecule has 1 aromatic rings. The Balaban J connectivity index is 1.60. The molecule has 2 fully saturated rings. The molecule has 2 aliphatic rings. The molecule has 2 aliphatic carbocycles. The highest BCUT2D eigenvalue weighted by Crippen LogP contribution is 2.56. The Morgan fingerprint density at radius 1 is 1.32 bits per heavy atom. The first-order valence-electron chi connectivity index (χ1n) is 6.72. The van der Waals surface area contributed by atoms with Crippen molar-refractivity contribution < 1.29 is 14.7 Å². The van der Waals surface area contributed by atoms with E-state index in [0.717, 1.165) is 23.8 Å². The monoisotopic (exact) mass is 279 g/mol. The maximum absolute atomic E-state index is 12.0. The lowest BCUT2D eigenvalue weighted by Crippen LogP contribution is -2.43. The zero-order valence-corrected chi connectivity index (χ0v) is 11.5. The Hall–Kier alpha value is -1.36. The molecule has 2 N–H and O–H groups in total. The van der Waals surface area contributed by atoms with Crippen LogP contribution in [0.4, 0.5) is 0 Å². The summed E-state index contributed by atoms with van der Waals surface area (Å²) in [5, 5.41) is 11.8. The van der Waals surface area contributed by atoms with Crippen LogP contribution in [-0.2, 0) is 0 Å². The molecule has 0 bridgehead atoms. The van der Waals surface area contributed by atoms with E-state index >= 15 is 0 Å². The van der Waals surface area contributed by atoms with Crippen LogP contribution in [-0.4, -0.2) is 23.5 Å². The molecule has 0 aromatic carbocycles. The van der Waals surface area contributed by atoms with Gasteiger partial charge in [-0.15, -0.1) is 11.3 Å². The van der Waals surface area contributed by atoms with Gasteiger partial charge in [0.25, 0.3) is 5.91 Å². The van der Waals surface area contributed by atoms with Gasteiger partial charge in [-0.05, 0) is 49.1 Å². The van der Waals surface area contributed by atoms with Crippen molar-refractivity contribution in [3.8, 4) is 0 Å². The molecule has 0 unspecified atom stereocenters. The van der Waals surface area contributed by atoms with E-state index in [4.69, 9.17) is 5.11 Å². The van der Waals surface area contributed by atoms with Gasteiger partial charge in [-0.2, -0.15) is 0 Å². The summed E-state index contributed by atoms with van der Waals surface area (Å²) in [6.45, 7) is 0.747. The fourth-order valence-electron chi connectivity index (χ4n) is 2.97. The number of carbonyl (C=O) groups is 2. The van der Waals surface area contributed by atoms with Crippen molar-refractivity contribution in [1.82, 2.24) is 5.32 Å². The van der Waals surface area contributed by atoms with E-state index in [-0.39, 0.29) is 10.8 Å². The molecule has 19 heavy (non-hydrogen) atoms. The van der Waals surface area contributed by atoms with E-state index in [1.165, 1.54) is 38.2 Å². The van der Waals surface area contributed by atoms with E-state index in [1.807, 2.05) is 0 Å². The molecule has 4 nitrogen and oxygen atoms in total. The van der Waals surface area contributed by atoms with Gasteiger partial charge < -0.3 is 10.4 Å². The fraction of sp³-hybridized carbons (Fsp3) is 0.571. The lowest BCUT2D eigenvalue weighted by atomic mass is 9.65. The number of nitrogens with one attached hydrogen (secondary N) is 1. The van der Waals surface area contributed by atoms with Crippen LogP contribution in [0.1, 0.15) is 51.4 Å². The first-order valence-corrected chi connectivity index (χ1v) is 7.54. The summed E-state index contributed by atoms with van der Waals surface area (Å²) in [6, 6.07) is 3.08. The number of thiophene rings is 1. The molecule has 2 saturated carbocycles. The first-order chi connectivity index (χ1) is 9.11. The van der Waals surface area contributed by atoms with Crippen molar-refractivity contribution in [1.29, 1.82) is 0 Å². The maximum atomic E-state index is 12.0. The number of amides is 1. The summed E-state index contributed by atoms with van der Waals surface area (Å²) in [5.74, 6) is -0.304. The lowest BCUT2D eigenvalue weighted by Gasteiger charge is -2.42. The average Bonchev–Trinajstić information content (AvgIpc) is 3.04. The Bertz CT molecular complexity index is 515. The minimum atomic E-state index is -0.975. The molecule has 1 aromatic heterocycles. The van der Waals surface area contributed by atoms with Crippen LogP contribution in [0.3, 0.4) is 0 Å². The zero-order valence-electron chi connectivity index (χ0n) is 10.6. The van der Waals surface area contributed by atoms with Crippen molar-refractivity contribution in [3.63, 3.8) is 0 Å². The van der Waals surface area contributed by atoms with Crippen molar-refractivity contribution in [2.75, 3.05) is 6.54 Å². The van der Waals surface area contributed by atoms with Crippen LogP contribution in [0.15, 0.2) is 12.1 Å². The molecule has 0 saturated heterocycles. The summed E-state index contributed by atoms with van der Waals surface area (Å²) in [4.78, 5) is 23.5. The van der Waals surface area contributed by atoms with Crippen molar-refractivity contribution >= 4 is 23.2 Å². The smallest absolute Gasteiger partial charge is 0.345 e. The van der Waals surface area contributed by atoms with Crippen LogP contribution < -0.4 is 5.32 Å². The quantitative estimate of drug-likeness (QED) is 0.871. The molecule has 0 spiro atoms. The number of rotatable bonds is 5. The summed E-state index contributed by atoms with van der Waals surface area (Å²) < 4.78 is 0. The maximum Gasteiger partial charge on any atom is 0.345 e. The van der Waals surface area contributed by atoms with Crippen LogP contribution >= 0.6 is 11.3 Å². The van der Waals surface area contributed by atoms with E-state index in [2.05, 4.69) is 5.32 Å². The Morgan fingerprint density at radius 3 is 2.47 bits per heavy atom. The highest BCUT2D eigenvalue weighted by atomic mass is 32.1. The third-order valence-electron chi connectivity index (χ3n) is 4.43. The molecule has 1 heterocycles. The topological polar surface area (TPSA) is 66.4 Å². The van der Waals surface area contributed by atoms with Gasteiger partial charge in [0.2, 0.25) is 0 Å². The van der Waals surface area contributed by atoms with E-state index < -0.39 is 5.97 Å². The fourth-order valence-corrected chi connectivity index (χ4v) is 3.74. The van der Waals surface area contributed by atoms with Gasteiger partial charge in [0.15, 0.2) is 0 Å². The normalized spacial score (nSPS) is 20.6. The third kappa shape index (κ3) is 2.39. The predicted molar refractivity (Wildman–Crippen MR) is 72.6 cm³/mol. The van der Waals surface area contributed by atoms with Crippen molar-refractivity contribution in [2.45, 2.75) is 32.1 Å². The Morgan fingerprint density at radius 2 is 2.00 bits per heavy atom. The standard InChI is InChI=1S/C14H17NO3S/c16-12(10-4-5-11(19-10)13(17)18)15-8-14(6-1-7-14)9-2-3-9/h4-5,9H,1-3,6-8H2,(H,15,16)(H,17,18). The Labute approximate surface area is 115 Å². The van der Waals surface area contributed by atoms with Crippen LogP contribution in [0.2, 0.25) is 0 Å². The van der Waals surface area contributed by atoms with Gasteiger partial charge in [-0.25, -0.2) is 4.79 Å². The van der Waals surface area contributed by atoms with Crippen molar-refractivity contribution in [2.24, 2.45) is 11.3 Å². The first kappa shape index (κ1) is 12.7. The summed E-state index contributed by atoms with van der Waals surface area (Å²) in [7, 11) is 0. The lowest BCUT2D eigenvalue weighted by molar-refractivity contribution is 0.0702. The molecule has 3 rings (SSSR count). The molecule has 0 aliphatic heterocycles. The van der Waals surface area contributed by atoms with Crippen molar-refractivity contribution in [3.05, 3.63) is 21.9 Å². The largest absolute Gasteiger partial charge is 0.477 e. The number of aromatic carboxylic acids is 1. The Kier molecular flexibility index (Phi) is 3.09. The van der Waals surface area contributed by atoms with Gasteiger partial charge in [0, 0.05) is 6.54 Å². The summed E-state index contributed by atoms with van der Waals surface area (Å²) in [5.41, 5.74) is 0.350. The zero-order chi connectivity index (χ0) is 13.5. The average molecular weight is 279 g/mol.